The molecule has 6 heteroatoms. The van der Waals surface area contributed by atoms with Crippen LogP contribution in [0, 0.1) is 0 Å². The van der Waals surface area contributed by atoms with Crippen molar-refractivity contribution in [1.82, 2.24) is 0 Å². The zero-order valence-electron chi connectivity index (χ0n) is 12.0. The van der Waals surface area contributed by atoms with Gasteiger partial charge in [0.25, 0.3) is 10.0 Å². The van der Waals surface area contributed by atoms with E-state index < -0.39 is 10.0 Å². The van der Waals surface area contributed by atoms with Crippen molar-refractivity contribution in [3.63, 3.8) is 0 Å². The highest BCUT2D eigenvalue weighted by Gasteiger charge is 2.17. The van der Waals surface area contributed by atoms with Gasteiger partial charge in [0.2, 0.25) is 0 Å². The first-order valence-corrected chi connectivity index (χ1v) is 9.27. The topological polar surface area (TPSA) is 58.2 Å². The second kappa shape index (κ2) is 6.87. The van der Waals surface area contributed by atoms with E-state index in [9.17, 15) is 8.42 Å². The molecule has 2 rings (SSSR count). The van der Waals surface area contributed by atoms with Gasteiger partial charge >= 0.3 is 0 Å². The van der Waals surface area contributed by atoms with Gasteiger partial charge in [-0.2, -0.15) is 0 Å². The Bertz CT molecular complexity index is 698. The predicted octanol–water partition coefficient (Wildman–Crippen LogP) is 3.64. The number of nitrogens with one attached hydrogen (secondary N) is 2. The van der Waals surface area contributed by atoms with E-state index in [1.807, 2.05) is 31.4 Å². The molecule has 0 aromatic heterocycles. The van der Waals surface area contributed by atoms with Crippen LogP contribution in [0.1, 0.15) is 6.92 Å². The number of thioether (sulfide) groups is 1. The SMILES string of the molecule is CCNc1ccccc1S(=O)(=O)Nc1ccc(SC)cc1. The Hall–Kier alpha value is -1.66. The van der Waals surface area contributed by atoms with Crippen molar-refractivity contribution in [2.24, 2.45) is 0 Å². The van der Waals surface area contributed by atoms with Crippen molar-refractivity contribution in [2.75, 3.05) is 22.8 Å². The Morgan fingerprint density at radius 1 is 1.05 bits per heavy atom. The van der Waals surface area contributed by atoms with Gasteiger partial charge in [0.1, 0.15) is 4.90 Å². The van der Waals surface area contributed by atoms with Crippen LogP contribution in [0.15, 0.2) is 58.3 Å². The summed E-state index contributed by atoms with van der Waals surface area (Å²) in [4.78, 5) is 1.34. The summed E-state index contributed by atoms with van der Waals surface area (Å²) in [7, 11) is -3.61. The van der Waals surface area contributed by atoms with Crippen LogP contribution in [-0.2, 0) is 10.0 Å². The molecule has 2 N–H and O–H groups in total. The molecule has 0 amide bonds. The average molecular weight is 322 g/mol. The molecule has 2 aromatic carbocycles. The number of rotatable bonds is 6. The molecule has 0 aliphatic rings. The smallest absolute Gasteiger partial charge is 0.263 e. The fourth-order valence-corrected chi connectivity index (χ4v) is 3.56. The Balaban J connectivity index is 2.29. The van der Waals surface area contributed by atoms with Gasteiger partial charge in [-0.15, -0.1) is 11.8 Å². The molecule has 2 aromatic rings. The number of sulfonamides is 1. The highest BCUT2D eigenvalue weighted by atomic mass is 32.2. The molecule has 21 heavy (non-hydrogen) atoms. The van der Waals surface area contributed by atoms with Gasteiger partial charge in [-0.3, -0.25) is 4.72 Å². The standard InChI is InChI=1S/C15H18N2O2S2/c1-3-16-14-6-4-5-7-15(14)21(18,19)17-12-8-10-13(20-2)11-9-12/h4-11,16-17H,3H2,1-2H3. The van der Waals surface area contributed by atoms with Crippen LogP contribution in [0.3, 0.4) is 0 Å². The van der Waals surface area contributed by atoms with Crippen LogP contribution >= 0.6 is 11.8 Å². The van der Waals surface area contributed by atoms with E-state index in [2.05, 4.69) is 10.0 Å². The third-order valence-corrected chi connectivity index (χ3v) is 5.07. The summed E-state index contributed by atoms with van der Waals surface area (Å²) in [5.41, 5.74) is 1.16. The molecule has 0 unspecified atom stereocenters. The Morgan fingerprint density at radius 2 is 1.71 bits per heavy atom. The molecule has 0 saturated heterocycles. The van der Waals surface area contributed by atoms with Gasteiger partial charge in [0.15, 0.2) is 0 Å². The highest BCUT2D eigenvalue weighted by Crippen LogP contribution is 2.24. The lowest BCUT2D eigenvalue weighted by Gasteiger charge is -2.13. The van der Waals surface area contributed by atoms with Crippen molar-refractivity contribution in [2.45, 2.75) is 16.7 Å². The highest BCUT2D eigenvalue weighted by molar-refractivity contribution is 7.98. The van der Waals surface area contributed by atoms with Gasteiger partial charge in [-0.05, 0) is 49.6 Å². The monoisotopic (exact) mass is 322 g/mol. The predicted molar refractivity (Wildman–Crippen MR) is 89.6 cm³/mol. The van der Waals surface area contributed by atoms with Crippen LogP contribution in [0.2, 0.25) is 0 Å². The zero-order chi connectivity index (χ0) is 15.3. The molecule has 0 atom stereocenters. The molecule has 0 bridgehead atoms. The molecule has 0 aliphatic heterocycles. The Morgan fingerprint density at radius 3 is 2.33 bits per heavy atom. The number of hydrogen-bond donors (Lipinski definition) is 2. The third-order valence-electron chi connectivity index (χ3n) is 2.89. The minimum absolute atomic E-state index is 0.251. The van der Waals surface area contributed by atoms with E-state index in [1.165, 1.54) is 0 Å². The van der Waals surface area contributed by atoms with Crippen molar-refractivity contribution < 1.29 is 8.42 Å². The third kappa shape index (κ3) is 3.92. The summed E-state index contributed by atoms with van der Waals surface area (Å²) >= 11 is 1.61. The van der Waals surface area contributed by atoms with E-state index in [4.69, 9.17) is 0 Å². The minimum atomic E-state index is -3.61. The van der Waals surface area contributed by atoms with Crippen LogP contribution in [-0.4, -0.2) is 21.2 Å². The fourth-order valence-electron chi connectivity index (χ4n) is 1.91. The summed E-state index contributed by atoms with van der Waals surface area (Å²) in [6.45, 7) is 2.59. The Labute approximate surface area is 130 Å². The summed E-state index contributed by atoms with van der Waals surface area (Å²) < 4.78 is 27.6. The molecule has 0 spiro atoms. The summed E-state index contributed by atoms with van der Waals surface area (Å²) in [5, 5.41) is 3.06. The van der Waals surface area contributed by atoms with Crippen LogP contribution < -0.4 is 10.0 Å². The maximum absolute atomic E-state index is 12.5. The molecule has 0 saturated carbocycles. The summed E-state index contributed by atoms with van der Waals surface area (Å²) in [6.07, 6.45) is 1.98. The van der Waals surface area contributed by atoms with Gasteiger partial charge in [0, 0.05) is 17.1 Å². The maximum atomic E-state index is 12.5. The van der Waals surface area contributed by atoms with E-state index in [0.717, 1.165) is 4.90 Å². The van der Waals surface area contributed by atoms with Gasteiger partial charge in [-0.25, -0.2) is 8.42 Å². The first kappa shape index (κ1) is 15.7. The summed E-state index contributed by atoms with van der Waals surface area (Å²) in [6, 6.07) is 14.2. The second-order valence-electron chi connectivity index (χ2n) is 4.36. The van der Waals surface area contributed by atoms with Gasteiger partial charge in [0.05, 0.1) is 5.69 Å². The van der Waals surface area contributed by atoms with Gasteiger partial charge < -0.3 is 5.32 Å². The molecule has 0 fully saturated rings. The number of hydrogen-bond acceptors (Lipinski definition) is 4. The van der Waals surface area contributed by atoms with E-state index >= 15 is 0 Å². The van der Waals surface area contributed by atoms with Crippen LogP contribution in [0.5, 0.6) is 0 Å². The molecule has 0 aliphatic carbocycles. The lowest BCUT2D eigenvalue weighted by molar-refractivity contribution is 0.601. The van der Waals surface area contributed by atoms with E-state index in [1.54, 1.807) is 42.1 Å². The maximum Gasteiger partial charge on any atom is 0.263 e. The van der Waals surface area contributed by atoms with Crippen molar-refractivity contribution in [3.8, 4) is 0 Å². The number of anilines is 2. The lowest BCUT2D eigenvalue weighted by atomic mass is 10.3. The molecule has 4 nitrogen and oxygen atoms in total. The Kier molecular flexibility index (Phi) is 5.14. The largest absolute Gasteiger partial charge is 0.384 e. The van der Waals surface area contributed by atoms with E-state index in [0.29, 0.717) is 17.9 Å². The van der Waals surface area contributed by atoms with Crippen molar-refractivity contribution in [1.29, 1.82) is 0 Å². The van der Waals surface area contributed by atoms with Crippen LogP contribution in [0.4, 0.5) is 11.4 Å². The first-order chi connectivity index (χ1) is 10.1. The number of benzene rings is 2. The zero-order valence-corrected chi connectivity index (χ0v) is 13.6. The minimum Gasteiger partial charge on any atom is -0.384 e. The van der Waals surface area contributed by atoms with E-state index in [-0.39, 0.29) is 4.90 Å². The van der Waals surface area contributed by atoms with Crippen molar-refractivity contribution in [3.05, 3.63) is 48.5 Å². The summed E-state index contributed by atoms with van der Waals surface area (Å²) in [5.74, 6) is 0. The quantitative estimate of drug-likeness (QED) is 0.797. The van der Waals surface area contributed by atoms with Crippen LogP contribution in [0.25, 0.3) is 0 Å². The van der Waals surface area contributed by atoms with Crippen molar-refractivity contribution >= 4 is 33.2 Å². The first-order valence-electron chi connectivity index (χ1n) is 6.56. The average Bonchev–Trinajstić information content (AvgIpc) is 2.48. The fraction of sp³-hybridized carbons (Fsp3) is 0.200. The second-order valence-corrected chi connectivity index (χ2v) is 6.89. The van der Waals surface area contributed by atoms with Gasteiger partial charge in [-0.1, -0.05) is 12.1 Å². The normalized spacial score (nSPS) is 11.1. The number of para-hydroxylation sites is 1. The molecule has 112 valence electrons. The lowest BCUT2D eigenvalue weighted by Crippen LogP contribution is -2.15. The molecular formula is C15H18N2O2S2. The molecule has 0 heterocycles. The molecular weight excluding hydrogens is 304 g/mol. The molecule has 0 radical (unpaired) electrons.